The number of hydrogen-bond acceptors (Lipinski definition) is 3. The lowest BCUT2D eigenvalue weighted by atomic mass is 10.0. The van der Waals surface area contributed by atoms with Crippen molar-refractivity contribution in [3.8, 4) is 0 Å². The van der Waals surface area contributed by atoms with Crippen molar-refractivity contribution in [3.63, 3.8) is 0 Å². The van der Waals surface area contributed by atoms with Crippen molar-refractivity contribution in [1.29, 1.82) is 0 Å². The molecule has 0 rings (SSSR count). The Morgan fingerprint density at radius 2 is 1.78 bits per heavy atom. The van der Waals surface area contributed by atoms with Gasteiger partial charge in [0.2, 0.25) is 0 Å². The Morgan fingerprint density at radius 3 is 2.22 bits per heavy atom. The molecule has 18 heavy (non-hydrogen) atoms. The molecule has 0 saturated carbocycles. The summed E-state index contributed by atoms with van der Waals surface area (Å²) in [7, 11) is 0. The van der Waals surface area contributed by atoms with Gasteiger partial charge in [0.05, 0.1) is 0 Å². The van der Waals surface area contributed by atoms with E-state index in [-0.39, 0.29) is 12.1 Å². The van der Waals surface area contributed by atoms with E-state index in [1.165, 1.54) is 0 Å². The molecule has 0 aromatic rings. The normalized spacial score (nSPS) is 13.3. The molecule has 2 N–H and O–H groups in total. The van der Waals surface area contributed by atoms with Crippen LogP contribution in [-0.4, -0.2) is 49.5 Å². The van der Waals surface area contributed by atoms with E-state index < -0.39 is 12.8 Å². The second-order valence-electron chi connectivity index (χ2n) is 5.02. The molecule has 6 heteroatoms. The average Bonchev–Trinajstić information content (AvgIpc) is 2.25. The molecule has 0 aliphatic rings. The molecular formula is C12H25F3N2O. The van der Waals surface area contributed by atoms with Gasteiger partial charge in [-0.1, -0.05) is 6.92 Å². The Hall–Kier alpha value is -0.330. The summed E-state index contributed by atoms with van der Waals surface area (Å²) in [4.78, 5) is 2.20. The molecule has 0 fully saturated rings. The van der Waals surface area contributed by atoms with Crippen molar-refractivity contribution in [1.82, 2.24) is 4.90 Å². The highest BCUT2D eigenvalue weighted by Gasteiger charge is 2.27. The van der Waals surface area contributed by atoms with Crippen LogP contribution in [0.15, 0.2) is 0 Å². The number of halogens is 3. The molecule has 0 unspecified atom stereocenters. The highest BCUT2D eigenvalue weighted by Crippen LogP contribution is 2.16. The molecule has 0 aliphatic carbocycles. The largest absolute Gasteiger partial charge is 0.411 e. The topological polar surface area (TPSA) is 38.5 Å². The SMILES string of the molecule is CCCN(CCCOCC(F)(F)F)C(C)(C)CN. The van der Waals surface area contributed by atoms with Crippen molar-refractivity contribution < 1.29 is 17.9 Å². The van der Waals surface area contributed by atoms with Crippen LogP contribution in [-0.2, 0) is 4.74 Å². The Bertz CT molecular complexity index is 220. The summed E-state index contributed by atoms with van der Waals surface area (Å²) in [5.41, 5.74) is 5.58. The summed E-state index contributed by atoms with van der Waals surface area (Å²) < 4.78 is 40.2. The second-order valence-corrected chi connectivity index (χ2v) is 5.02. The van der Waals surface area contributed by atoms with Gasteiger partial charge < -0.3 is 10.5 Å². The Morgan fingerprint density at radius 1 is 1.17 bits per heavy atom. The lowest BCUT2D eigenvalue weighted by Crippen LogP contribution is -2.50. The first-order chi connectivity index (χ1) is 8.23. The van der Waals surface area contributed by atoms with E-state index in [1.54, 1.807) is 0 Å². The molecule has 0 aliphatic heterocycles. The van der Waals surface area contributed by atoms with Gasteiger partial charge in [0.1, 0.15) is 6.61 Å². The second kappa shape index (κ2) is 7.96. The number of nitrogens with two attached hydrogens (primary N) is 1. The smallest absolute Gasteiger partial charge is 0.372 e. The van der Waals surface area contributed by atoms with E-state index >= 15 is 0 Å². The fourth-order valence-electron chi connectivity index (χ4n) is 1.66. The van der Waals surface area contributed by atoms with E-state index in [4.69, 9.17) is 5.73 Å². The van der Waals surface area contributed by atoms with Crippen LogP contribution in [0.4, 0.5) is 13.2 Å². The third kappa shape index (κ3) is 7.89. The minimum absolute atomic E-state index is 0.125. The van der Waals surface area contributed by atoms with Gasteiger partial charge in [-0.2, -0.15) is 13.2 Å². The molecular weight excluding hydrogens is 245 g/mol. The van der Waals surface area contributed by atoms with Crippen molar-refractivity contribution in [3.05, 3.63) is 0 Å². The first-order valence-electron chi connectivity index (χ1n) is 6.32. The van der Waals surface area contributed by atoms with Gasteiger partial charge in [0.15, 0.2) is 0 Å². The monoisotopic (exact) mass is 270 g/mol. The van der Waals surface area contributed by atoms with Crippen LogP contribution in [0.2, 0.25) is 0 Å². The molecule has 0 radical (unpaired) electrons. The zero-order valence-electron chi connectivity index (χ0n) is 11.5. The van der Waals surface area contributed by atoms with Crippen molar-refractivity contribution in [2.24, 2.45) is 5.73 Å². The molecule has 0 bridgehead atoms. The van der Waals surface area contributed by atoms with E-state index in [0.717, 1.165) is 13.0 Å². The zero-order valence-corrected chi connectivity index (χ0v) is 11.5. The van der Waals surface area contributed by atoms with Crippen LogP contribution in [0, 0.1) is 0 Å². The zero-order chi connectivity index (χ0) is 14.2. The first kappa shape index (κ1) is 17.7. The molecule has 0 amide bonds. The molecule has 110 valence electrons. The van der Waals surface area contributed by atoms with Crippen LogP contribution < -0.4 is 5.73 Å². The predicted molar refractivity (Wildman–Crippen MR) is 66.5 cm³/mol. The van der Waals surface area contributed by atoms with Crippen LogP contribution >= 0.6 is 0 Å². The quantitative estimate of drug-likeness (QED) is 0.654. The molecule has 0 heterocycles. The van der Waals surface area contributed by atoms with Crippen LogP contribution in [0.25, 0.3) is 0 Å². The Balaban J connectivity index is 3.92. The van der Waals surface area contributed by atoms with Gasteiger partial charge in [-0.15, -0.1) is 0 Å². The summed E-state index contributed by atoms with van der Waals surface area (Å²) in [5.74, 6) is 0. The number of alkyl halides is 3. The van der Waals surface area contributed by atoms with E-state index in [0.29, 0.717) is 19.5 Å². The van der Waals surface area contributed by atoms with Gasteiger partial charge in [-0.3, -0.25) is 4.90 Å². The van der Waals surface area contributed by atoms with Crippen molar-refractivity contribution in [2.45, 2.75) is 45.3 Å². The summed E-state index contributed by atoms with van der Waals surface area (Å²) >= 11 is 0. The molecule has 0 aromatic carbocycles. The fraction of sp³-hybridized carbons (Fsp3) is 1.00. The lowest BCUT2D eigenvalue weighted by molar-refractivity contribution is -0.174. The van der Waals surface area contributed by atoms with Crippen molar-refractivity contribution in [2.75, 3.05) is 32.8 Å². The number of ether oxygens (including phenoxy) is 1. The summed E-state index contributed by atoms with van der Waals surface area (Å²) in [6.45, 7) is 7.23. The predicted octanol–water partition coefficient (Wildman–Crippen LogP) is 2.40. The lowest BCUT2D eigenvalue weighted by Gasteiger charge is -2.37. The minimum Gasteiger partial charge on any atom is -0.372 e. The van der Waals surface area contributed by atoms with Crippen LogP contribution in [0.5, 0.6) is 0 Å². The van der Waals surface area contributed by atoms with Crippen LogP contribution in [0.1, 0.15) is 33.6 Å². The fourth-order valence-corrected chi connectivity index (χ4v) is 1.66. The third-order valence-electron chi connectivity index (χ3n) is 2.83. The molecule has 0 aromatic heterocycles. The van der Waals surface area contributed by atoms with Gasteiger partial charge in [-0.25, -0.2) is 0 Å². The van der Waals surface area contributed by atoms with Gasteiger partial charge >= 0.3 is 6.18 Å². The number of hydrogen-bond donors (Lipinski definition) is 1. The summed E-state index contributed by atoms with van der Waals surface area (Å²) in [5, 5.41) is 0. The number of rotatable bonds is 9. The molecule has 0 atom stereocenters. The maximum Gasteiger partial charge on any atom is 0.411 e. The molecule has 0 spiro atoms. The summed E-state index contributed by atoms with van der Waals surface area (Å²) in [6, 6.07) is 0. The van der Waals surface area contributed by atoms with E-state index in [1.807, 2.05) is 13.8 Å². The Labute approximate surface area is 107 Å². The number of nitrogens with zero attached hydrogens (tertiary/aromatic N) is 1. The van der Waals surface area contributed by atoms with Gasteiger partial charge in [0.25, 0.3) is 0 Å². The van der Waals surface area contributed by atoms with E-state index in [9.17, 15) is 13.2 Å². The first-order valence-corrected chi connectivity index (χ1v) is 6.32. The van der Waals surface area contributed by atoms with Gasteiger partial charge in [0, 0.05) is 25.2 Å². The molecule has 3 nitrogen and oxygen atoms in total. The van der Waals surface area contributed by atoms with Crippen LogP contribution in [0.3, 0.4) is 0 Å². The molecule has 0 saturated heterocycles. The Kier molecular flexibility index (Phi) is 7.82. The standard InChI is InChI=1S/C12H25F3N2O/c1-4-6-17(11(2,3)9-16)7-5-8-18-10-12(13,14)15/h4-10,16H2,1-3H3. The van der Waals surface area contributed by atoms with Crippen molar-refractivity contribution >= 4 is 0 Å². The highest BCUT2D eigenvalue weighted by atomic mass is 19.4. The maximum absolute atomic E-state index is 11.9. The average molecular weight is 270 g/mol. The minimum atomic E-state index is -4.24. The maximum atomic E-state index is 11.9. The highest BCUT2D eigenvalue weighted by molar-refractivity contribution is 4.82. The summed E-state index contributed by atoms with van der Waals surface area (Å²) in [6.07, 6.45) is -2.66. The van der Waals surface area contributed by atoms with Gasteiger partial charge in [-0.05, 0) is 33.2 Å². The third-order valence-corrected chi connectivity index (χ3v) is 2.83. The van der Waals surface area contributed by atoms with E-state index in [2.05, 4.69) is 16.6 Å².